The summed E-state index contributed by atoms with van der Waals surface area (Å²) in [5, 5.41) is 3.03. The van der Waals surface area contributed by atoms with E-state index in [2.05, 4.69) is 10.4 Å². The molecule has 18 heavy (non-hydrogen) atoms. The fraction of sp³-hybridized carbons (Fsp3) is 0.231. The molecule has 0 spiro atoms. The predicted octanol–water partition coefficient (Wildman–Crippen LogP) is 0.803. The van der Waals surface area contributed by atoms with Gasteiger partial charge in [0.1, 0.15) is 6.04 Å². The van der Waals surface area contributed by atoms with E-state index < -0.39 is 0 Å². The van der Waals surface area contributed by atoms with Crippen molar-refractivity contribution >= 4 is 22.5 Å². The molecule has 1 aromatic heterocycles. The van der Waals surface area contributed by atoms with Gasteiger partial charge in [0.15, 0.2) is 0 Å². The number of amides is 1. The molecule has 1 fully saturated rings. The van der Waals surface area contributed by atoms with Gasteiger partial charge in [0, 0.05) is 18.1 Å². The molecular formula is C13H14N4O. The number of anilines is 1. The number of aromatic nitrogens is 1. The van der Waals surface area contributed by atoms with Crippen LogP contribution in [0.2, 0.25) is 0 Å². The van der Waals surface area contributed by atoms with Crippen LogP contribution in [0.5, 0.6) is 0 Å². The maximum Gasteiger partial charge on any atom is 0.236 e. The molecule has 5 heteroatoms. The van der Waals surface area contributed by atoms with Crippen molar-refractivity contribution in [2.24, 2.45) is 5.73 Å². The van der Waals surface area contributed by atoms with E-state index in [4.69, 9.17) is 5.73 Å². The Morgan fingerprint density at radius 3 is 3.00 bits per heavy atom. The summed E-state index contributed by atoms with van der Waals surface area (Å²) in [6.45, 7) is 0.753. The number of hydrogen-bond donors (Lipinski definition) is 2. The Morgan fingerprint density at radius 2 is 2.22 bits per heavy atom. The van der Waals surface area contributed by atoms with Gasteiger partial charge in [-0.2, -0.15) is 0 Å². The summed E-state index contributed by atoms with van der Waals surface area (Å²) in [5.41, 5.74) is 10.3. The highest BCUT2D eigenvalue weighted by Crippen LogP contribution is 2.25. The number of hydrazine groups is 1. The Balaban J connectivity index is 1.98. The van der Waals surface area contributed by atoms with Gasteiger partial charge in [-0.25, -0.2) is 5.43 Å². The van der Waals surface area contributed by atoms with Gasteiger partial charge in [0.05, 0.1) is 11.2 Å². The summed E-state index contributed by atoms with van der Waals surface area (Å²) in [5.74, 6) is -0.314. The molecular weight excluding hydrogens is 228 g/mol. The normalized spacial score (nSPS) is 19.3. The van der Waals surface area contributed by atoms with E-state index in [1.165, 1.54) is 0 Å². The molecule has 1 aliphatic heterocycles. The molecule has 1 atom stereocenters. The first-order chi connectivity index (χ1) is 8.75. The first-order valence-electron chi connectivity index (χ1n) is 5.92. The number of nitrogens with one attached hydrogen (secondary N) is 1. The lowest BCUT2D eigenvalue weighted by Crippen LogP contribution is -2.42. The number of fused-ring (bicyclic) bond motifs is 1. The van der Waals surface area contributed by atoms with Gasteiger partial charge in [0.25, 0.3) is 0 Å². The fourth-order valence-corrected chi connectivity index (χ4v) is 2.28. The van der Waals surface area contributed by atoms with E-state index in [9.17, 15) is 4.79 Å². The molecule has 2 heterocycles. The zero-order chi connectivity index (χ0) is 12.5. The predicted molar refractivity (Wildman–Crippen MR) is 69.8 cm³/mol. The third-order valence-corrected chi connectivity index (χ3v) is 3.20. The second-order valence-corrected chi connectivity index (χ2v) is 4.38. The van der Waals surface area contributed by atoms with Crippen LogP contribution in [-0.4, -0.2) is 23.5 Å². The zero-order valence-electron chi connectivity index (χ0n) is 9.84. The number of para-hydroxylation sites is 1. The summed E-state index contributed by atoms with van der Waals surface area (Å²) in [4.78, 5) is 15.6. The second-order valence-electron chi connectivity index (χ2n) is 4.38. The molecule has 3 rings (SSSR count). The van der Waals surface area contributed by atoms with Crippen molar-refractivity contribution in [2.75, 3.05) is 11.6 Å². The molecule has 1 unspecified atom stereocenters. The smallest absolute Gasteiger partial charge is 0.236 e. The van der Waals surface area contributed by atoms with Crippen LogP contribution in [0.4, 0.5) is 5.69 Å². The SMILES string of the molecule is NC(=O)C1CCN(c2cccc3cccnc23)N1. The van der Waals surface area contributed by atoms with Crippen LogP contribution < -0.4 is 16.2 Å². The van der Waals surface area contributed by atoms with Gasteiger partial charge in [-0.05, 0) is 18.6 Å². The van der Waals surface area contributed by atoms with Crippen LogP contribution in [0.25, 0.3) is 10.9 Å². The van der Waals surface area contributed by atoms with Crippen LogP contribution in [0.15, 0.2) is 36.5 Å². The minimum Gasteiger partial charge on any atom is -0.368 e. The highest BCUT2D eigenvalue weighted by molar-refractivity contribution is 5.91. The number of primary amides is 1. The van der Waals surface area contributed by atoms with E-state index in [1.54, 1.807) is 6.20 Å². The average molecular weight is 242 g/mol. The van der Waals surface area contributed by atoms with Crippen molar-refractivity contribution in [3.05, 3.63) is 36.5 Å². The monoisotopic (exact) mass is 242 g/mol. The highest BCUT2D eigenvalue weighted by Gasteiger charge is 2.26. The van der Waals surface area contributed by atoms with Crippen LogP contribution in [-0.2, 0) is 4.79 Å². The number of nitrogens with two attached hydrogens (primary N) is 1. The molecule has 1 aliphatic rings. The third-order valence-electron chi connectivity index (χ3n) is 3.20. The molecule has 1 aromatic carbocycles. The van der Waals surface area contributed by atoms with Gasteiger partial charge in [-0.1, -0.05) is 18.2 Å². The zero-order valence-corrected chi connectivity index (χ0v) is 9.84. The average Bonchev–Trinajstić information content (AvgIpc) is 2.87. The van der Waals surface area contributed by atoms with Crippen LogP contribution in [0, 0.1) is 0 Å². The molecule has 0 aliphatic carbocycles. The van der Waals surface area contributed by atoms with E-state index in [1.807, 2.05) is 35.3 Å². The molecule has 1 saturated heterocycles. The first-order valence-corrected chi connectivity index (χ1v) is 5.92. The number of hydrogen-bond acceptors (Lipinski definition) is 4. The summed E-state index contributed by atoms with van der Waals surface area (Å²) >= 11 is 0. The molecule has 0 radical (unpaired) electrons. The Kier molecular flexibility index (Phi) is 2.60. The van der Waals surface area contributed by atoms with Gasteiger partial charge < -0.3 is 10.7 Å². The molecule has 0 bridgehead atoms. The van der Waals surface area contributed by atoms with E-state index in [-0.39, 0.29) is 11.9 Å². The molecule has 5 nitrogen and oxygen atoms in total. The van der Waals surface area contributed by atoms with E-state index in [0.717, 1.165) is 29.6 Å². The maximum atomic E-state index is 11.2. The van der Waals surface area contributed by atoms with Gasteiger partial charge in [-0.15, -0.1) is 0 Å². The maximum absolute atomic E-state index is 11.2. The lowest BCUT2D eigenvalue weighted by Gasteiger charge is -2.20. The number of carbonyl (C=O) groups excluding carboxylic acids is 1. The number of pyridine rings is 1. The van der Waals surface area contributed by atoms with Crippen molar-refractivity contribution in [3.63, 3.8) is 0 Å². The third kappa shape index (κ3) is 1.78. The Labute approximate surface area is 105 Å². The van der Waals surface area contributed by atoms with Crippen LogP contribution in [0.3, 0.4) is 0 Å². The molecule has 1 amide bonds. The summed E-state index contributed by atoms with van der Waals surface area (Å²) in [7, 11) is 0. The quantitative estimate of drug-likeness (QED) is 0.817. The van der Waals surface area contributed by atoms with Gasteiger partial charge in [0.2, 0.25) is 5.91 Å². The second kappa shape index (κ2) is 4.27. The minimum atomic E-state index is -0.314. The number of rotatable bonds is 2. The Bertz CT molecular complexity index is 593. The number of benzene rings is 1. The van der Waals surface area contributed by atoms with Crippen molar-refractivity contribution in [1.82, 2.24) is 10.4 Å². The Hall–Kier alpha value is -2.14. The lowest BCUT2D eigenvalue weighted by molar-refractivity contribution is -0.119. The van der Waals surface area contributed by atoms with E-state index in [0.29, 0.717) is 0 Å². The topological polar surface area (TPSA) is 71.2 Å². The fourth-order valence-electron chi connectivity index (χ4n) is 2.28. The van der Waals surface area contributed by atoms with Gasteiger partial charge >= 0.3 is 0 Å². The Morgan fingerprint density at radius 1 is 1.39 bits per heavy atom. The van der Waals surface area contributed by atoms with Crippen molar-refractivity contribution in [1.29, 1.82) is 0 Å². The summed E-state index contributed by atoms with van der Waals surface area (Å²) < 4.78 is 0. The molecule has 92 valence electrons. The molecule has 3 N–H and O–H groups in total. The van der Waals surface area contributed by atoms with Crippen molar-refractivity contribution in [2.45, 2.75) is 12.5 Å². The molecule has 0 saturated carbocycles. The van der Waals surface area contributed by atoms with Crippen LogP contribution >= 0.6 is 0 Å². The number of nitrogens with zero attached hydrogens (tertiary/aromatic N) is 2. The first kappa shape index (κ1) is 11.0. The molecule has 2 aromatic rings. The minimum absolute atomic E-state index is 0.288. The lowest BCUT2D eigenvalue weighted by atomic mass is 10.2. The standard InChI is InChI=1S/C13H14N4O/c14-13(18)10-6-8-17(16-10)11-5-1-3-9-4-2-7-15-12(9)11/h1-5,7,10,16H,6,8H2,(H2,14,18). The van der Waals surface area contributed by atoms with Crippen LogP contribution in [0.1, 0.15) is 6.42 Å². The van der Waals surface area contributed by atoms with Crippen molar-refractivity contribution in [3.8, 4) is 0 Å². The largest absolute Gasteiger partial charge is 0.368 e. The summed E-state index contributed by atoms with van der Waals surface area (Å²) in [6.07, 6.45) is 2.49. The van der Waals surface area contributed by atoms with Crippen molar-refractivity contribution < 1.29 is 4.79 Å². The van der Waals surface area contributed by atoms with Gasteiger partial charge in [-0.3, -0.25) is 9.78 Å². The highest BCUT2D eigenvalue weighted by atomic mass is 16.1. The number of carbonyl (C=O) groups is 1. The summed E-state index contributed by atoms with van der Waals surface area (Å²) in [6, 6.07) is 9.64. The van der Waals surface area contributed by atoms with E-state index >= 15 is 0 Å².